The number of benzene rings is 1. The molecule has 0 saturated carbocycles. The Kier molecular flexibility index (Phi) is 9.11. The van der Waals surface area contributed by atoms with Gasteiger partial charge in [0.05, 0.1) is 0 Å². The lowest BCUT2D eigenvalue weighted by atomic mass is 10.1. The van der Waals surface area contributed by atoms with Gasteiger partial charge in [-0.15, -0.1) is 0 Å². The molecule has 1 aliphatic rings. The minimum atomic E-state index is 0.269. The van der Waals surface area contributed by atoms with E-state index in [9.17, 15) is 4.79 Å². The van der Waals surface area contributed by atoms with Crippen molar-refractivity contribution in [2.24, 2.45) is 10.9 Å². The molecule has 0 bridgehead atoms. The molecule has 1 fully saturated rings. The monoisotopic (exact) mass is 374 g/mol. The SMILES string of the molecule is CN=C(NCCCOCC(C)C)NCc1ccc(CN2CCCC2=O)cc1. The summed E-state index contributed by atoms with van der Waals surface area (Å²) >= 11 is 0. The Bertz CT molecular complexity index is 599. The van der Waals surface area contributed by atoms with Crippen LogP contribution in [0.2, 0.25) is 0 Å². The molecule has 150 valence electrons. The Balaban J connectivity index is 1.66. The maximum absolute atomic E-state index is 11.7. The van der Waals surface area contributed by atoms with Gasteiger partial charge in [-0.05, 0) is 29.9 Å². The first-order valence-corrected chi connectivity index (χ1v) is 9.96. The first kappa shape index (κ1) is 21.2. The van der Waals surface area contributed by atoms with Gasteiger partial charge in [-0.25, -0.2) is 0 Å². The van der Waals surface area contributed by atoms with E-state index in [1.54, 1.807) is 7.05 Å². The second-order valence-electron chi connectivity index (χ2n) is 7.41. The van der Waals surface area contributed by atoms with E-state index in [4.69, 9.17) is 4.74 Å². The van der Waals surface area contributed by atoms with Gasteiger partial charge in [0, 0.05) is 52.9 Å². The van der Waals surface area contributed by atoms with Crippen molar-refractivity contribution in [3.05, 3.63) is 35.4 Å². The van der Waals surface area contributed by atoms with E-state index in [1.807, 2.05) is 4.90 Å². The van der Waals surface area contributed by atoms with E-state index in [2.05, 4.69) is 53.7 Å². The topological polar surface area (TPSA) is 66.0 Å². The summed E-state index contributed by atoms with van der Waals surface area (Å²) < 4.78 is 5.58. The summed E-state index contributed by atoms with van der Waals surface area (Å²) in [6.07, 6.45) is 2.63. The van der Waals surface area contributed by atoms with Crippen LogP contribution in [-0.4, -0.2) is 50.1 Å². The molecule has 1 aromatic carbocycles. The van der Waals surface area contributed by atoms with Crippen LogP contribution in [0, 0.1) is 5.92 Å². The van der Waals surface area contributed by atoms with E-state index < -0.39 is 0 Å². The lowest BCUT2D eigenvalue weighted by Gasteiger charge is -2.16. The van der Waals surface area contributed by atoms with Crippen LogP contribution in [0.5, 0.6) is 0 Å². The summed E-state index contributed by atoms with van der Waals surface area (Å²) in [5, 5.41) is 6.64. The summed E-state index contributed by atoms with van der Waals surface area (Å²) in [7, 11) is 1.78. The Morgan fingerprint density at radius 3 is 2.59 bits per heavy atom. The summed E-state index contributed by atoms with van der Waals surface area (Å²) in [6.45, 7) is 9.04. The number of ether oxygens (including phenoxy) is 1. The van der Waals surface area contributed by atoms with Crippen molar-refractivity contribution in [1.29, 1.82) is 0 Å². The normalized spacial score (nSPS) is 14.9. The van der Waals surface area contributed by atoms with Crippen LogP contribution in [0.25, 0.3) is 0 Å². The summed E-state index contributed by atoms with van der Waals surface area (Å²) in [4.78, 5) is 17.9. The smallest absolute Gasteiger partial charge is 0.222 e. The van der Waals surface area contributed by atoms with Crippen molar-refractivity contribution in [2.75, 3.05) is 33.4 Å². The highest BCUT2D eigenvalue weighted by Gasteiger charge is 2.19. The van der Waals surface area contributed by atoms with Crippen LogP contribution in [0.3, 0.4) is 0 Å². The highest BCUT2D eigenvalue weighted by Crippen LogP contribution is 2.14. The number of amides is 1. The molecule has 0 aromatic heterocycles. The van der Waals surface area contributed by atoms with Gasteiger partial charge in [0.1, 0.15) is 0 Å². The van der Waals surface area contributed by atoms with Crippen LogP contribution >= 0.6 is 0 Å². The zero-order chi connectivity index (χ0) is 19.5. The van der Waals surface area contributed by atoms with Crippen LogP contribution < -0.4 is 10.6 Å². The maximum atomic E-state index is 11.7. The van der Waals surface area contributed by atoms with Gasteiger partial charge in [-0.1, -0.05) is 38.1 Å². The Hall–Kier alpha value is -2.08. The number of guanidine groups is 1. The number of nitrogens with one attached hydrogen (secondary N) is 2. The summed E-state index contributed by atoms with van der Waals surface area (Å²) in [6, 6.07) is 8.42. The molecular weight excluding hydrogens is 340 g/mol. The maximum Gasteiger partial charge on any atom is 0.222 e. The van der Waals surface area contributed by atoms with Gasteiger partial charge < -0.3 is 20.3 Å². The first-order valence-electron chi connectivity index (χ1n) is 9.96. The van der Waals surface area contributed by atoms with E-state index in [0.717, 1.165) is 45.1 Å². The number of nitrogens with zero attached hydrogens (tertiary/aromatic N) is 2. The van der Waals surface area contributed by atoms with Crippen molar-refractivity contribution >= 4 is 11.9 Å². The van der Waals surface area contributed by atoms with Crippen molar-refractivity contribution in [2.45, 2.75) is 46.2 Å². The van der Waals surface area contributed by atoms with Crippen molar-refractivity contribution < 1.29 is 9.53 Å². The molecule has 0 aliphatic carbocycles. The number of aliphatic imine (C=N–C) groups is 1. The number of rotatable bonds is 10. The van der Waals surface area contributed by atoms with Crippen molar-refractivity contribution in [3.8, 4) is 0 Å². The lowest BCUT2D eigenvalue weighted by molar-refractivity contribution is -0.128. The molecule has 1 amide bonds. The fourth-order valence-electron chi connectivity index (χ4n) is 2.96. The average Bonchev–Trinajstić information content (AvgIpc) is 3.06. The van der Waals surface area contributed by atoms with Crippen LogP contribution in [0.4, 0.5) is 0 Å². The zero-order valence-electron chi connectivity index (χ0n) is 17.0. The minimum Gasteiger partial charge on any atom is -0.381 e. The molecule has 1 heterocycles. The predicted octanol–water partition coefficient (Wildman–Crippen LogP) is 2.54. The first-order chi connectivity index (χ1) is 13.1. The van der Waals surface area contributed by atoms with Gasteiger partial charge in [0.15, 0.2) is 5.96 Å². The quantitative estimate of drug-likeness (QED) is 0.375. The molecule has 1 aromatic rings. The van der Waals surface area contributed by atoms with Crippen LogP contribution in [0.1, 0.15) is 44.2 Å². The average molecular weight is 375 g/mol. The van der Waals surface area contributed by atoms with E-state index in [1.165, 1.54) is 11.1 Å². The Labute approximate surface area is 163 Å². The summed E-state index contributed by atoms with van der Waals surface area (Å²) in [5.41, 5.74) is 2.37. The fraction of sp³-hybridized carbons (Fsp3) is 0.619. The van der Waals surface area contributed by atoms with Gasteiger partial charge in [0.25, 0.3) is 0 Å². The molecule has 6 heteroatoms. The molecule has 1 saturated heterocycles. The molecular formula is C21H34N4O2. The number of carbonyl (C=O) groups is 1. The zero-order valence-corrected chi connectivity index (χ0v) is 17.0. The lowest BCUT2D eigenvalue weighted by Crippen LogP contribution is -2.37. The molecule has 0 unspecified atom stereocenters. The highest BCUT2D eigenvalue weighted by molar-refractivity contribution is 5.79. The Morgan fingerprint density at radius 1 is 1.22 bits per heavy atom. The molecule has 1 aliphatic heterocycles. The predicted molar refractivity (Wildman–Crippen MR) is 110 cm³/mol. The highest BCUT2D eigenvalue weighted by atomic mass is 16.5. The van der Waals surface area contributed by atoms with Gasteiger partial charge in [-0.2, -0.15) is 0 Å². The molecule has 2 N–H and O–H groups in total. The third-order valence-electron chi connectivity index (χ3n) is 4.46. The third-order valence-corrected chi connectivity index (χ3v) is 4.46. The van der Waals surface area contributed by atoms with Gasteiger partial charge in [0.2, 0.25) is 5.91 Å². The van der Waals surface area contributed by atoms with Crippen LogP contribution in [0.15, 0.2) is 29.3 Å². The number of carbonyl (C=O) groups excluding carboxylic acids is 1. The second kappa shape index (κ2) is 11.6. The molecule has 0 spiro atoms. The second-order valence-corrected chi connectivity index (χ2v) is 7.41. The minimum absolute atomic E-state index is 0.269. The summed E-state index contributed by atoms with van der Waals surface area (Å²) in [5.74, 6) is 1.64. The van der Waals surface area contributed by atoms with Crippen molar-refractivity contribution in [3.63, 3.8) is 0 Å². The largest absolute Gasteiger partial charge is 0.381 e. The molecule has 6 nitrogen and oxygen atoms in total. The van der Waals surface area contributed by atoms with Gasteiger partial charge >= 0.3 is 0 Å². The number of hydrogen-bond donors (Lipinski definition) is 2. The molecule has 0 atom stereocenters. The molecule has 2 rings (SSSR count). The number of likely N-dealkylation sites (tertiary alicyclic amines) is 1. The van der Waals surface area contributed by atoms with Crippen molar-refractivity contribution in [1.82, 2.24) is 15.5 Å². The van der Waals surface area contributed by atoms with Crippen LogP contribution in [-0.2, 0) is 22.6 Å². The molecule has 0 radical (unpaired) electrons. The third kappa shape index (κ3) is 7.99. The van der Waals surface area contributed by atoms with E-state index >= 15 is 0 Å². The molecule has 27 heavy (non-hydrogen) atoms. The Morgan fingerprint density at radius 2 is 1.96 bits per heavy atom. The number of hydrogen-bond acceptors (Lipinski definition) is 3. The van der Waals surface area contributed by atoms with E-state index in [-0.39, 0.29) is 5.91 Å². The standard InChI is InChI=1S/C21H34N4O2/c1-17(2)16-27-13-5-11-23-21(22-3)24-14-18-7-9-19(10-8-18)15-25-12-4-6-20(25)26/h7-10,17H,4-6,11-16H2,1-3H3,(H2,22,23,24). The van der Waals surface area contributed by atoms with Gasteiger partial charge in [-0.3, -0.25) is 9.79 Å². The fourth-order valence-corrected chi connectivity index (χ4v) is 2.96. The van der Waals surface area contributed by atoms with E-state index in [0.29, 0.717) is 25.4 Å².